The quantitative estimate of drug-likeness (QED) is 0.621. The van der Waals surface area contributed by atoms with Gasteiger partial charge in [0.2, 0.25) is 0 Å². The van der Waals surface area contributed by atoms with Crippen LogP contribution in [0.25, 0.3) is 0 Å². The lowest BCUT2D eigenvalue weighted by Gasteiger charge is -2.01. The second-order valence-corrected chi connectivity index (χ2v) is 3.84. The molecule has 0 spiro atoms. The minimum atomic E-state index is -0.492. The molecule has 0 N–H and O–H groups in total. The van der Waals surface area contributed by atoms with E-state index in [1.165, 1.54) is 36.4 Å². The van der Waals surface area contributed by atoms with Crippen LogP contribution in [0, 0.1) is 32.4 Å². The van der Waals surface area contributed by atoms with Crippen LogP contribution in [0.2, 0.25) is 0 Å². The van der Waals surface area contributed by atoms with Crippen molar-refractivity contribution in [3.8, 4) is 0 Å². The number of nitro groups is 2. The van der Waals surface area contributed by atoms with Gasteiger partial charge in [0.1, 0.15) is 0 Å². The van der Waals surface area contributed by atoms with Crippen molar-refractivity contribution in [1.82, 2.24) is 0 Å². The predicted molar refractivity (Wildman–Crippen MR) is 66.7 cm³/mol. The topological polar surface area (TPSA) is 86.3 Å². The molecular formula is C13H8N2O4. The Morgan fingerprint density at radius 1 is 0.895 bits per heavy atom. The Morgan fingerprint density at radius 2 is 1.32 bits per heavy atom. The summed E-state index contributed by atoms with van der Waals surface area (Å²) >= 11 is 0. The molecule has 94 valence electrons. The standard InChI is InChI=1S/C13H8N2O4/c16-14(17)12-5-1-3-10(8-12)7-11-4-2-6-13(9-11)15(18)19/h1-2,5-6,8-9H,7H2. The summed E-state index contributed by atoms with van der Waals surface area (Å²) in [7, 11) is 0. The minimum absolute atomic E-state index is 0.0285. The molecule has 2 rings (SSSR count). The molecule has 0 aliphatic carbocycles. The first-order chi connectivity index (χ1) is 9.06. The number of nitrogens with zero attached hydrogens (tertiary/aromatic N) is 2. The second kappa shape index (κ2) is 5.26. The third kappa shape index (κ3) is 3.12. The molecule has 0 aliphatic rings. The van der Waals surface area contributed by atoms with Gasteiger partial charge in [-0.3, -0.25) is 20.2 Å². The Hall–Kier alpha value is -2.76. The van der Waals surface area contributed by atoms with E-state index in [-0.39, 0.29) is 11.4 Å². The molecule has 0 fully saturated rings. The summed E-state index contributed by atoms with van der Waals surface area (Å²) < 4.78 is 0. The molecule has 0 aromatic heterocycles. The Morgan fingerprint density at radius 3 is 1.68 bits per heavy atom. The maximum atomic E-state index is 10.6. The number of hydrogen-bond acceptors (Lipinski definition) is 4. The van der Waals surface area contributed by atoms with Crippen LogP contribution >= 0.6 is 0 Å². The van der Waals surface area contributed by atoms with Gasteiger partial charge in [-0.1, -0.05) is 0 Å². The van der Waals surface area contributed by atoms with Crippen molar-refractivity contribution in [3.05, 3.63) is 79.9 Å². The van der Waals surface area contributed by atoms with Gasteiger partial charge in [0.05, 0.1) is 9.85 Å². The minimum Gasteiger partial charge on any atom is -0.258 e. The third-order valence-electron chi connectivity index (χ3n) is 2.49. The number of benzene rings is 2. The fourth-order valence-corrected chi connectivity index (χ4v) is 1.64. The zero-order valence-electron chi connectivity index (χ0n) is 9.70. The average molecular weight is 256 g/mol. The molecule has 0 saturated carbocycles. The van der Waals surface area contributed by atoms with Crippen LogP contribution in [-0.4, -0.2) is 9.85 Å². The number of nitro benzene ring substituents is 2. The van der Waals surface area contributed by atoms with Gasteiger partial charge >= 0.3 is 0 Å². The molecule has 0 atom stereocenters. The van der Waals surface area contributed by atoms with Crippen LogP contribution in [0.5, 0.6) is 0 Å². The van der Waals surface area contributed by atoms with Crippen LogP contribution in [-0.2, 0) is 6.42 Å². The van der Waals surface area contributed by atoms with E-state index in [2.05, 4.69) is 12.1 Å². The van der Waals surface area contributed by atoms with Crippen molar-refractivity contribution in [3.63, 3.8) is 0 Å². The van der Waals surface area contributed by atoms with Crippen LogP contribution in [0.1, 0.15) is 11.1 Å². The molecular weight excluding hydrogens is 248 g/mol. The molecule has 6 heteroatoms. The summed E-state index contributed by atoms with van der Waals surface area (Å²) in [6.07, 6.45) is 0.309. The van der Waals surface area contributed by atoms with Gasteiger partial charge in [-0.25, -0.2) is 0 Å². The molecule has 0 bridgehead atoms. The van der Waals surface area contributed by atoms with Gasteiger partial charge < -0.3 is 0 Å². The largest absolute Gasteiger partial charge is 0.269 e. The fourth-order valence-electron chi connectivity index (χ4n) is 1.64. The highest BCUT2D eigenvalue weighted by Gasteiger charge is 2.09. The molecule has 19 heavy (non-hydrogen) atoms. The first-order valence-electron chi connectivity index (χ1n) is 5.36. The highest BCUT2D eigenvalue weighted by atomic mass is 16.6. The lowest BCUT2D eigenvalue weighted by molar-refractivity contribution is -0.385. The van der Waals surface area contributed by atoms with Crippen molar-refractivity contribution in [1.29, 1.82) is 0 Å². The van der Waals surface area contributed by atoms with Crippen molar-refractivity contribution in [2.75, 3.05) is 0 Å². The molecule has 2 radical (unpaired) electrons. The lowest BCUT2D eigenvalue weighted by Crippen LogP contribution is -1.94. The highest BCUT2D eigenvalue weighted by molar-refractivity contribution is 5.39. The third-order valence-corrected chi connectivity index (χ3v) is 2.49. The van der Waals surface area contributed by atoms with Crippen LogP contribution in [0.15, 0.2) is 36.4 Å². The van der Waals surface area contributed by atoms with Gasteiger partial charge in [0, 0.05) is 24.3 Å². The van der Waals surface area contributed by atoms with E-state index in [9.17, 15) is 20.2 Å². The van der Waals surface area contributed by atoms with E-state index in [1.807, 2.05) is 0 Å². The SMILES string of the molecule is O=[N+]([O-])c1cc[c]c(Cc2[c]ccc([N+](=O)[O-])c2)c1. The van der Waals surface area contributed by atoms with E-state index in [0.29, 0.717) is 17.5 Å². The smallest absolute Gasteiger partial charge is 0.258 e. The summed E-state index contributed by atoms with van der Waals surface area (Å²) in [5, 5.41) is 21.3. The van der Waals surface area contributed by atoms with Crippen LogP contribution in [0.4, 0.5) is 11.4 Å². The van der Waals surface area contributed by atoms with E-state index in [0.717, 1.165) is 0 Å². The molecule has 0 unspecified atom stereocenters. The maximum absolute atomic E-state index is 10.6. The Kier molecular flexibility index (Phi) is 3.51. The second-order valence-electron chi connectivity index (χ2n) is 3.84. The summed E-state index contributed by atoms with van der Waals surface area (Å²) in [5.41, 5.74) is 1.12. The van der Waals surface area contributed by atoms with Gasteiger partial charge in [-0.2, -0.15) is 0 Å². The molecule has 0 heterocycles. The maximum Gasteiger partial charge on any atom is 0.269 e. The lowest BCUT2D eigenvalue weighted by atomic mass is 10.0. The van der Waals surface area contributed by atoms with E-state index < -0.39 is 9.85 Å². The zero-order valence-corrected chi connectivity index (χ0v) is 9.70. The fraction of sp³-hybridized carbons (Fsp3) is 0.0769. The van der Waals surface area contributed by atoms with Gasteiger partial charge in [-0.15, -0.1) is 0 Å². The number of rotatable bonds is 4. The van der Waals surface area contributed by atoms with Crippen LogP contribution in [0.3, 0.4) is 0 Å². The van der Waals surface area contributed by atoms with E-state index in [4.69, 9.17) is 0 Å². The average Bonchev–Trinajstić information content (AvgIpc) is 2.39. The molecule has 6 nitrogen and oxygen atoms in total. The highest BCUT2D eigenvalue weighted by Crippen LogP contribution is 2.18. The molecule has 2 aromatic carbocycles. The Labute approximate surface area is 108 Å². The van der Waals surface area contributed by atoms with Gasteiger partial charge in [0.25, 0.3) is 11.4 Å². The zero-order chi connectivity index (χ0) is 13.8. The normalized spacial score (nSPS) is 10.1. The van der Waals surface area contributed by atoms with E-state index in [1.54, 1.807) is 0 Å². The molecule has 0 aliphatic heterocycles. The van der Waals surface area contributed by atoms with Crippen LogP contribution < -0.4 is 0 Å². The molecule has 2 aromatic rings. The van der Waals surface area contributed by atoms with Crippen molar-refractivity contribution >= 4 is 11.4 Å². The summed E-state index contributed by atoms with van der Waals surface area (Å²) in [6.45, 7) is 0. The van der Waals surface area contributed by atoms with Crippen molar-refractivity contribution < 1.29 is 9.85 Å². The first kappa shape index (κ1) is 12.7. The molecule has 0 amide bonds. The van der Waals surface area contributed by atoms with Crippen molar-refractivity contribution in [2.45, 2.75) is 6.42 Å². The Balaban J connectivity index is 2.26. The number of non-ortho nitro benzene ring substituents is 2. The van der Waals surface area contributed by atoms with E-state index >= 15 is 0 Å². The Bertz CT molecular complexity index is 585. The van der Waals surface area contributed by atoms with Crippen molar-refractivity contribution in [2.24, 2.45) is 0 Å². The monoisotopic (exact) mass is 256 g/mol. The predicted octanol–water partition coefficient (Wildman–Crippen LogP) is 2.69. The first-order valence-corrected chi connectivity index (χ1v) is 5.36. The molecule has 0 saturated heterocycles. The van der Waals surface area contributed by atoms with Gasteiger partial charge in [0.15, 0.2) is 0 Å². The van der Waals surface area contributed by atoms with Gasteiger partial charge in [-0.05, 0) is 41.8 Å². The summed E-state index contributed by atoms with van der Waals surface area (Å²) in [6, 6.07) is 14.1. The number of hydrogen-bond donors (Lipinski definition) is 0. The summed E-state index contributed by atoms with van der Waals surface area (Å²) in [4.78, 5) is 20.3. The summed E-state index contributed by atoms with van der Waals surface area (Å²) in [5.74, 6) is 0.